The van der Waals surface area contributed by atoms with Crippen molar-refractivity contribution in [2.24, 2.45) is 5.73 Å². The van der Waals surface area contributed by atoms with Crippen LogP contribution in [0, 0.1) is 5.41 Å². The number of carbonyl (C=O) groups is 1. The maximum Gasteiger partial charge on any atom is 0.356 e. The average Bonchev–Trinajstić information content (AvgIpc) is 2.11. The van der Waals surface area contributed by atoms with Crippen LogP contribution >= 0.6 is 23.2 Å². The van der Waals surface area contributed by atoms with E-state index in [1.807, 2.05) is 0 Å². The maximum atomic E-state index is 11.1. The molecule has 0 aromatic heterocycles. The first-order chi connectivity index (χ1) is 6.40. The fourth-order valence-corrected chi connectivity index (χ4v) is 0.787. The van der Waals surface area contributed by atoms with E-state index in [0.717, 1.165) is 7.11 Å². The molecule has 0 heterocycles. The summed E-state index contributed by atoms with van der Waals surface area (Å²) in [7, 11) is 1.16. The van der Waals surface area contributed by atoms with Crippen LogP contribution in [-0.4, -0.2) is 18.9 Å². The van der Waals surface area contributed by atoms with Crippen LogP contribution < -0.4 is 11.1 Å². The molecule has 4 N–H and O–H groups in total. The van der Waals surface area contributed by atoms with Crippen molar-refractivity contribution in [1.29, 1.82) is 5.41 Å². The number of amidine groups is 1. The molecule has 78 valence electrons. The molecule has 5 nitrogen and oxygen atoms in total. The Bertz CT molecular complexity index is 312. The monoisotopic (exact) mass is 237 g/mol. The predicted octanol–water partition coefficient (Wildman–Crippen LogP) is 0.845. The van der Waals surface area contributed by atoms with Gasteiger partial charge in [-0.3, -0.25) is 5.41 Å². The first kappa shape index (κ1) is 12.8. The molecule has 14 heavy (non-hydrogen) atoms. The zero-order valence-electron chi connectivity index (χ0n) is 7.36. The second-order valence-electron chi connectivity index (χ2n) is 2.12. The molecule has 0 aromatic carbocycles. The fraction of sp³-hybridized carbons (Fsp3) is 0.143. The Labute approximate surface area is 91.0 Å². The number of rotatable bonds is 4. The van der Waals surface area contributed by atoms with Crippen LogP contribution in [0.3, 0.4) is 0 Å². The highest BCUT2D eigenvalue weighted by molar-refractivity contribution is 6.44. The summed E-state index contributed by atoms with van der Waals surface area (Å²) >= 11 is 11.0. The van der Waals surface area contributed by atoms with Crippen molar-refractivity contribution in [3.63, 3.8) is 0 Å². The van der Waals surface area contributed by atoms with Crippen LogP contribution in [0.5, 0.6) is 0 Å². The summed E-state index contributed by atoms with van der Waals surface area (Å²) in [5, 5.41) is 9.03. The second kappa shape index (κ2) is 5.51. The molecule has 0 aliphatic rings. The molecular formula is C7H9Cl2N3O2. The van der Waals surface area contributed by atoms with Crippen LogP contribution in [0.25, 0.3) is 0 Å². The van der Waals surface area contributed by atoms with Gasteiger partial charge < -0.3 is 15.8 Å². The molecule has 0 amide bonds. The van der Waals surface area contributed by atoms with Crippen LogP contribution in [-0.2, 0) is 9.53 Å². The third-order valence-corrected chi connectivity index (χ3v) is 1.59. The van der Waals surface area contributed by atoms with Gasteiger partial charge >= 0.3 is 5.97 Å². The first-order valence-electron chi connectivity index (χ1n) is 3.34. The SMILES string of the molecule is C=C(Cl)NC(C(=O)OC)=C(Cl)C(=N)N. The number of methoxy groups -OCH3 is 1. The third kappa shape index (κ3) is 3.68. The van der Waals surface area contributed by atoms with E-state index in [4.69, 9.17) is 34.3 Å². The molecule has 0 bridgehead atoms. The van der Waals surface area contributed by atoms with Gasteiger partial charge in [-0.25, -0.2) is 4.79 Å². The molecule has 0 rings (SSSR count). The zero-order chi connectivity index (χ0) is 11.3. The molecule has 7 heteroatoms. The van der Waals surface area contributed by atoms with Crippen LogP contribution in [0.1, 0.15) is 0 Å². The number of hydrogen-bond donors (Lipinski definition) is 3. The highest BCUT2D eigenvalue weighted by Gasteiger charge is 2.16. The van der Waals surface area contributed by atoms with Crippen LogP contribution in [0.2, 0.25) is 0 Å². The Balaban J connectivity index is 5.08. The Morgan fingerprint density at radius 2 is 2.07 bits per heavy atom. The van der Waals surface area contributed by atoms with E-state index in [2.05, 4.69) is 16.6 Å². The summed E-state index contributed by atoms with van der Waals surface area (Å²) in [6.45, 7) is 3.30. The summed E-state index contributed by atoms with van der Waals surface area (Å²) in [6.07, 6.45) is 0. The van der Waals surface area contributed by atoms with Crippen molar-refractivity contribution >= 4 is 35.0 Å². The summed E-state index contributed by atoms with van der Waals surface area (Å²) in [4.78, 5) is 11.1. The second-order valence-corrected chi connectivity index (χ2v) is 2.96. The molecule has 0 radical (unpaired) electrons. The Morgan fingerprint density at radius 1 is 1.57 bits per heavy atom. The van der Waals surface area contributed by atoms with Crippen molar-refractivity contribution in [3.8, 4) is 0 Å². The molecule has 0 fully saturated rings. The minimum absolute atomic E-state index is 0.0372. The van der Waals surface area contributed by atoms with Gasteiger partial charge in [0.2, 0.25) is 0 Å². The van der Waals surface area contributed by atoms with Gasteiger partial charge in [0.1, 0.15) is 16.6 Å². The van der Waals surface area contributed by atoms with E-state index in [9.17, 15) is 4.79 Å². The van der Waals surface area contributed by atoms with E-state index in [0.29, 0.717) is 0 Å². The number of halogens is 2. The zero-order valence-corrected chi connectivity index (χ0v) is 8.87. The Morgan fingerprint density at radius 3 is 2.36 bits per heavy atom. The van der Waals surface area contributed by atoms with Gasteiger partial charge in [0.15, 0.2) is 0 Å². The molecule has 0 aromatic rings. The van der Waals surface area contributed by atoms with E-state index in [1.165, 1.54) is 0 Å². The lowest BCUT2D eigenvalue weighted by Gasteiger charge is -2.08. The standard InChI is InChI=1S/C7H9Cl2N3O2/c1-3(8)12-5(7(13)14-2)4(9)6(10)11/h12H,1H2,2H3,(H3,10,11). The number of nitrogens with one attached hydrogen (secondary N) is 2. The van der Waals surface area contributed by atoms with Crippen molar-refractivity contribution in [2.45, 2.75) is 0 Å². The number of hydrogen-bond acceptors (Lipinski definition) is 4. The van der Waals surface area contributed by atoms with Gasteiger partial charge in [0, 0.05) is 0 Å². The summed E-state index contributed by atoms with van der Waals surface area (Å²) in [5.74, 6) is -1.26. The highest BCUT2D eigenvalue weighted by Crippen LogP contribution is 2.10. The lowest BCUT2D eigenvalue weighted by atomic mass is 10.3. The average molecular weight is 238 g/mol. The molecule has 0 aliphatic heterocycles. The Hall–Kier alpha value is -1.20. The number of nitrogens with two attached hydrogens (primary N) is 1. The smallest absolute Gasteiger partial charge is 0.356 e. The maximum absolute atomic E-state index is 11.1. The number of carbonyl (C=O) groups excluding carboxylic acids is 1. The van der Waals surface area contributed by atoms with Crippen molar-refractivity contribution < 1.29 is 9.53 Å². The molecule has 0 atom stereocenters. The van der Waals surface area contributed by atoms with Gasteiger partial charge in [0.25, 0.3) is 0 Å². The van der Waals surface area contributed by atoms with Crippen LogP contribution in [0.15, 0.2) is 22.5 Å². The summed E-state index contributed by atoms with van der Waals surface area (Å²) in [5.41, 5.74) is 4.86. The van der Waals surface area contributed by atoms with Crippen molar-refractivity contribution in [3.05, 3.63) is 22.5 Å². The van der Waals surface area contributed by atoms with Gasteiger partial charge in [0.05, 0.1) is 12.3 Å². The van der Waals surface area contributed by atoms with E-state index in [-0.39, 0.29) is 15.9 Å². The number of ether oxygens (including phenoxy) is 1. The lowest BCUT2D eigenvalue weighted by molar-refractivity contribution is -0.136. The minimum Gasteiger partial charge on any atom is -0.464 e. The molecule has 0 saturated heterocycles. The van der Waals surface area contributed by atoms with Gasteiger partial charge in [-0.2, -0.15) is 0 Å². The quantitative estimate of drug-likeness (QED) is 0.223. The largest absolute Gasteiger partial charge is 0.464 e. The summed E-state index contributed by atoms with van der Waals surface area (Å²) in [6, 6.07) is 0. The third-order valence-electron chi connectivity index (χ3n) is 1.11. The summed E-state index contributed by atoms with van der Waals surface area (Å²) < 4.78 is 4.39. The topological polar surface area (TPSA) is 88.2 Å². The predicted molar refractivity (Wildman–Crippen MR) is 54.9 cm³/mol. The Kier molecular flexibility index (Phi) is 5.04. The molecule has 0 aliphatic carbocycles. The van der Waals surface area contributed by atoms with Crippen LogP contribution in [0.4, 0.5) is 0 Å². The van der Waals surface area contributed by atoms with Crippen molar-refractivity contribution in [1.82, 2.24) is 5.32 Å². The first-order valence-corrected chi connectivity index (χ1v) is 4.09. The number of esters is 1. The molecule has 0 saturated carbocycles. The van der Waals surface area contributed by atoms with Gasteiger partial charge in [-0.15, -0.1) is 0 Å². The highest BCUT2D eigenvalue weighted by atomic mass is 35.5. The fourth-order valence-electron chi connectivity index (χ4n) is 0.568. The normalized spacial score (nSPS) is 11.4. The minimum atomic E-state index is -0.785. The lowest BCUT2D eigenvalue weighted by Crippen LogP contribution is -2.24. The van der Waals surface area contributed by atoms with E-state index in [1.54, 1.807) is 0 Å². The molecule has 0 spiro atoms. The van der Waals surface area contributed by atoms with Crippen molar-refractivity contribution in [2.75, 3.05) is 7.11 Å². The van der Waals surface area contributed by atoms with E-state index < -0.39 is 11.8 Å². The van der Waals surface area contributed by atoms with Gasteiger partial charge in [-0.05, 0) is 0 Å². The van der Waals surface area contributed by atoms with Gasteiger partial charge in [-0.1, -0.05) is 29.8 Å². The molecular weight excluding hydrogens is 229 g/mol. The molecule has 0 unspecified atom stereocenters. The van der Waals surface area contributed by atoms with E-state index >= 15 is 0 Å².